The first kappa shape index (κ1) is 11.8. The summed E-state index contributed by atoms with van der Waals surface area (Å²) in [6.07, 6.45) is 4.81. The Morgan fingerprint density at radius 3 is 1.33 bits per heavy atom. The van der Waals surface area contributed by atoms with Crippen LogP contribution in [0.4, 0.5) is 0 Å². The van der Waals surface area contributed by atoms with Crippen molar-refractivity contribution in [2.45, 2.75) is 53.4 Å². The van der Waals surface area contributed by atoms with Crippen molar-refractivity contribution in [3.8, 4) is 0 Å². The van der Waals surface area contributed by atoms with E-state index in [4.69, 9.17) is 0 Å². The van der Waals surface area contributed by atoms with Crippen molar-refractivity contribution in [3.05, 3.63) is 44.5 Å². The molecule has 0 aromatic heterocycles. The Kier molecular flexibility index (Phi) is 2.35. The monoisotopic (exact) mass is 238 g/mol. The quantitative estimate of drug-likeness (QED) is 0.572. The molecule has 2 atom stereocenters. The van der Waals surface area contributed by atoms with Gasteiger partial charge in [-0.1, -0.05) is 37.1 Å². The fourth-order valence-corrected chi connectivity index (χ4v) is 3.75. The minimum Gasteiger partial charge on any atom is -0.0655 e. The SMILES string of the molecule is CC1=Cc2c(C)c3c(c(C)c2C1C)C=C(C)C3C. The van der Waals surface area contributed by atoms with Crippen molar-refractivity contribution in [1.82, 2.24) is 0 Å². The molecule has 0 aliphatic heterocycles. The summed E-state index contributed by atoms with van der Waals surface area (Å²) in [5.41, 5.74) is 12.2. The maximum atomic E-state index is 2.41. The summed E-state index contributed by atoms with van der Waals surface area (Å²) in [5.74, 6) is 1.18. The van der Waals surface area contributed by atoms with Crippen molar-refractivity contribution >= 4 is 12.2 Å². The van der Waals surface area contributed by atoms with Gasteiger partial charge in [0.1, 0.15) is 0 Å². The zero-order chi connectivity index (χ0) is 13.2. The first-order valence-corrected chi connectivity index (χ1v) is 6.96. The van der Waals surface area contributed by atoms with Gasteiger partial charge in [0.05, 0.1) is 0 Å². The third-order valence-corrected chi connectivity index (χ3v) is 5.17. The van der Waals surface area contributed by atoms with Crippen LogP contribution in [0.15, 0.2) is 11.1 Å². The summed E-state index contributed by atoms with van der Waals surface area (Å²) in [6.45, 7) is 13.8. The van der Waals surface area contributed by atoms with Gasteiger partial charge in [-0.15, -0.1) is 0 Å². The minimum absolute atomic E-state index is 0.591. The van der Waals surface area contributed by atoms with E-state index in [2.05, 4.69) is 53.7 Å². The van der Waals surface area contributed by atoms with Gasteiger partial charge >= 0.3 is 0 Å². The van der Waals surface area contributed by atoms with Crippen LogP contribution in [0.25, 0.3) is 12.2 Å². The van der Waals surface area contributed by atoms with Crippen LogP contribution in [0, 0.1) is 13.8 Å². The molecule has 1 aromatic rings. The maximum absolute atomic E-state index is 2.41. The van der Waals surface area contributed by atoms with Gasteiger partial charge in [0.15, 0.2) is 0 Å². The van der Waals surface area contributed by atoms with E-state index < -0.39 is 0 Å². The molecule has 3 rings (SSSR count). The van der Waals surface area contributed by atoms with Crippen LogP contribution in [-0.4, -0.2) is 0 Å². The largest absolute Gasteiger partial charge is 0.0655 e. The maximum Gasteiger partial charge on any atom is 0.00292 e. The normalized spacial score (nSPS) is 24.8. The van der Waals surface area contributed by atoms with E-state index in [9.17, 15) is 0 Å². The number of benzene rings is 1. The molecule has 0 heteroatoms. The van der Waals surface area contributed by atoms with Crippen LogP contribution >= 0.6 is 0 Å². The second kappa shape index (κ2) is 3.60. The number of hydrogen-bond acceptors (Lipinski definition) is 0. The van der Waals surface area contributed by atoms with Crippen LogP contribution < -0.4 is 0 Å². The predicted octanol–water partition coefficient (Wildman–Crippen LogP) is 5.34. The van der Waals surface area contributed by atoms with Gasteiger partial charge in [0, 0.05) is 11.8 Å². The highest BCUT2D eigenvalue weighted by atomic mass is 14.3. The first-order chi connectivity index (χ1) is 8.43. The Morgan fingerprint density at radius 1 is 0.667 bits per heavy atom. The molecule has 2 unspecified atom stereocenters. The number of hydrogen-bond donors (Lipinski definition) is 0. The van der Waals surface area contributed by atoms with Crippen LogP contribution in [0.1, 0.15) is 72.9 Å². The highest BCUT2D eigenvalue weighted by Crippen LogP contribution is 2.47. The molecule has 0 amide bonds. The lowest BCUT2D eigenvalue weighted by Crippen LogP contribution is -2.04. The summed E-state index contributed by atoms with van der Waals surface area (Å²) >= 11 is 0. The zero-order valence-electron chi connectivity index (χ0n) is 12.3. The van der Waals surface area contributed by atoms with Gasteiger partial charge in [0.2, 0.25) is 0 Å². The van der Waals surface area contributed by atoms with E-state index in [0.29, 0.717) is 11.8 Å². The molecule has 2 aliphatic carbocycles. The zero-order valence-corrected chi connectivity index (χ0v) is 12.3. The van der Waals surface area contributed by atoms with Gasteiger partial charge < -0.3 is 0 Å². The standard InChI is InChI=1S/C18H22/c1-9-7-15-13(5)18-12(4)10(2)8-16(18)14(6)17(15)11(9)3/h7-8,11-12H,1-6H3. The van der Waals surface area contributed by atoms with Crippen molar-refractivity contribution < 1.29 is 0 Å². The fraction of sp³-hybridized carbons (Fsp3) is 0.444. The van der Waals surface area contributed by atoms with Crippen LogP contribution in [-0.2, 0) is 0 Å². The molecule has 0 fully saturated rings. The second-order valence-electron chi connectivity index (χ2n) is 6.12. The molecular weight excluding hydrogens is 216 g/mol. The Balaban J connectivity index is 2.37. The number of allylic oxidation sites excluding steroid dienone is 2. The lowest BCUT2D eigenvalue weighted by molar-refractivity contribution is 0.884. The molecule has 0 spiro atoms. The first-order valence-electron chi connectivity index (χ1n) is 6.96. The van der Waals surface area contributed by atoms with E-state index in [1.165, 1.54) is 33.4 Å². The van der Waals surface area contributed by atoms with Gasteiger partial charge in [-0.25, -0.2) is 0 Å². The lowest BCUT2D eigenvalue weighted by atomic mass is 9.84. The van der Waals surface area contributed by atoms with Crippen molar-refractivity contribution in [1.29, 1.82) is 0 Å². The average molecular weight is 238 g/mol. The third kappa shape index (κ3) is 1.27. The third-order valence-electron chi connectivity index (χ3n) is 5.17. The van der Waals surface area contributed by atoms with Gasteiger partial charge in [0.25, 0.3) is 0 Å². The number of rotatable bonds is 0. The highest BCUT2D eigenvalue weighted by Gasteiger charge is 2.30. The molecule has 0 saturated heterocycles. The van der Waals surface area contributed by atoms with Gasteiger partial charge in [-0.2, -0.15) is 0 Å². The van der Waals surface area contributed by atoms with Crippen molar-refractivity contribution in [3.63, 3.8) is 0 Å². The van der Waals surface area contributed by atoms with Gasteiger partial charge in [-0.05, 0) is 61.1 Å². The summed E-state index contributed by atoms with van der Waals surface area (Å²) in [6, 6.07) is 0. The molecule has 0 heterocycles. The molecule has 0 radical (unpaired) electrons. The molecule has 0 nitrogen and oxygen atoms in total. The van der Waals surface area contributed by atoms with Crippen LogP contribution in [0.3, 0.4) is 0 Å². The summed E-state index contributed by atoms with van der Waals surface area (Å²) in [7, 11) is 0. The van der Waals surface area contributed by atoms with E-state index in [0.717, 1.165) is 0 Å². The van der Waals surface area contributed by atoms with Crippen molar-refractivity contribution in [2.75, 3.05) is 0 Å². The Labute approximate surface area is 110 Å². The molecule has 0 saturated carbocycles. The summed E-state index contributed by atoms with van der Waals surface area (Å²) < 4.78 is 0. The molecule has 0 bridgehead atoms. The molecular formula is C18H22. The second-order valence-corrected chi connectivity index (χ2v) is 6.12. The topological polar surface area (TPSA) is 0 Å². The summed E-state index contributed by atoms with van der Waals surface area (Å²) in [4.78, 5) is 0. The Bertz CT molecular complexity index is 556. The smallest absolute Gasteiger partial charge is 0.00292 e. The Hall–Kier alpha value is -1.30. The van der Waals surface area contributed by atoms with E-state index in [1.54, 1.807) is 11.1 Å². The predicted molar refractivity (Wildman–Crippen MR) is 80.0 cm³/mol. The molecule has 1 aromatic carbocycles. The minimum atomic E-state index is 0.591. The van der Waals surface area contributed by atoms with Crippen molar-refractivity contribution in [2.24, 2.45) is 0 Å². The van der Waals surface area contributed by atoms with Gasteiger partial charge in [-0.3, -0.25) is 0 Å². The van der Waals surface area contributed by atoms with E-state index in [1.807, 2.05) is 0 Å². The molecule has 18 heavy (non-hydrogen) atoms. The highest BCUT2D eigenvalue weighted by molar-refractivity contribution is 5.80. The van der Waals surface area contributed by atoms with E-state index in [-0.39, 0.29) is 0 Å². The van der Waals surface area contributed by atoms with Crippen LogP contribution in [0.5, 0.6) is 0 Å². The van der Waals surface area contributed by atoms with Crippen LogP contribution in [0.2, 0.25) is 0 Å². The molecule has 94 valence electrons. The number of fused-ring (bicyclic) bond motifs is 2. The average Bonchev–Trinajstić information content (AvgIpc) is 2.78. The molecule has 2 aliphatic rings. The summed E-state index contributed by atoms with van der Waals surface area (Å²) in [5, 5.41) is 0. The Morgan fingerprint density at radius 2 is 1.00 bits per heavy atom. The molecule has 0 N–H and O–H groups in total. The lowest BCUT2D eigenvalue weighted by Gasteiger charge is -2.20. The fourth-order valence-electron chi connectivity index (χ4n) is 3.75. The van der Waals surface area contributed by atoms with E-state index >= 15 is 0 Å².